The fraction of sp³-hybridized carbons (Fsp3) is 0.273. The van der Waals surface area contributed by atoms with Gasteiger partial charge in [-0.25, -0.2) is 0 Å². The number of amides is 2. The molecule has 0 unspecified atom stereocenters. The minimum atomic E-state index is -0.409. The number of nitrogens with two attached hydrogens (primary N) is 1. The zero-order chi connectivity index (χ0) is 19.5. The van der Waals surface area contributed by atoms with E-state index in [0.717, 1.165) is 11.1 Å². The Morgan fingerprint density at radius 2 is 1.48 bits per heavy atom. The lowest BCUT2D eigenvalue weighted by Crippen LogP contribution is -2.41. The molecule has 0 spiro atoms. The van der Waals surface area contributed by atoms with Gasteiger partial charge in [-0.3, -0.25) is 14.5 Å². The van der Waals surface area contributed by atoms with Crippen molar-refractivity contribution in [2.24, 2.45) is 5.73 Å². The molecule has 0 fully saturated rings. The minimum absolute atomic E-state index is 0.0297. The van der Waals surface area contributed by atoms with Crippen LogP contribution in [0.1, 0.15) is 17.5 Å². The van der Waals surface area contributed by atoms with E-state index in [0.29, 0.717) is 26.2 Å². The molecule has 0 bridgehead atoms. The fourth-order valence-corrected chi connectivity index (χ4v) is 2.84. The SMILES string of the molecule is C=CCN(CC(=O)N(CCC(N)=O)Cc1ccccc1)Cc1ccccc1. The Kier molecular flexibility index (Phi) is 8.26. The van der Waals surface area contributed by atoms with Gasteiger partial charge in [0, 0.05) is 32.6 Å². The molecule has 2 rings (SSSR count). The van der Waals surface area contributed by atoms with Crippen LogP contribution in [0.3, 0.4) is 0 Å². The lowest BCUT2D eigenvalue weighted by molar-refractivity contribution is -0.133. The van der Waals surface area contributed by atoms with Crippen molar-refractivity contribution >= 4 is 11.8 Å². The number of carbonyl (C=O) groups is 2. The summed E-state index contributed by atoms with van der Waals surface area (Å²) in [6, 6.07) is 19.8. The highest BCUT2D eigenvalue weighted by Crippen LogP contribution is 2.09. The Morgan fingerprint density at radius 1 is 0.926 bits per heavy atom. The van der Waals surface area contributed by atoms with Crippen LogP contribution in [0.2, 0.25) is 0 Å². The van der Waals surface area contributed by atoms with Gasteiger partial charge in [-0.1, -0.05) is 66.7 Å². The average Bonchev–Trinajstić information content (AvgIpc) is 2.66. The van der Waals surface area contributed by atoms with Crippen LogP contribution < -0.4 is 5.73 Å². The normalized spacial score (nSPS) is 10.6. The third-order valence-corrected chi connectivity index (χ3v) is 4.19. The topological polar surface area (TPSA) is 66.6 Å². The van der Waals surface area contributed by atoms with E-state index in [-0.39, 0.29) is 18.9 Å². The van der Waals surface area contributed by atoms with Crippen molar-refractivity contribution in [2.75, 3.05) is 19.6 Å². The summed E-state index contributed by atoms with van der Waals surface area (Å²) >= 11 is 0. The summed E-state index contributed by atoms with van der Waals surface area (Å²) in [5.41, 5.74) is 7.44. The van der Waals surface area contributed by atoms with E-state index >= 15 is 0 Å². The Morgan fingerprint density at radius 3 is 2.00 bits per heavy atom. The van der Waals surface area contributed by atoms with Crippen LogP contribution in [0.15, 0.2) is 73.3 Å². The number of primary amides is 1. The summed E-state index contributed by atoms with van der Waals surface area (Å²) in [5, 5.41) is 0. The van der Waals surface area contributed by atoms with Gasteiger partial charge in [0.2, 0.25) is 11.8 Å². The number of benzene rings is 2. The first-order chi connectivity index (χ1) is 13.1. The lowest BCUT2D eigenvalue weighted by atomic mass is 10.2. The maximum Gasteiger partial charge on any atom is 0.237 e. The molecule has 0 saturated heterocycles. The highest BCUT2D eigenvalue weighted by Gasteiger charge is 2.18. The van der Waals surface area contributed by atoms with E-state index in [4.69, 9.17) is 5.73 Å². The smallest absolute Gasteiger partial charge is 0.237 e. The van der Waals surface area contributed by atoms with Crippen LogP contribution in [0, 0.1) is 0 Å². The minimum Gasteiger partial charge on any atom is -0.370 e. The van der Waals surface area contributed by atoms with Crippen molar-refractivity contribution in [1.82, 2.24) is 9.80 Å². The molecule has 0 atom stereocenters. The van der Waals surface area contributed by atoms with Gasteiger partial charge in [-0.15, -0.1) is 6.58 Å². The van der Waals surface area contributed by atoms with Crippen LogP contribution in [-0.4, -0.2) is 41.2 Å². The Labute approximate surface area is 161 Å². The van der Waals surface area contributed by atoms with Crippen molar-refractivity contribution in [1.29, 1.82) is 0 Å². The van der Waals surface area contributed by atoms with Gasteiger partial charge in [-0.05, 0) is 11.1 Å². The molecule has 2 N–H and O–H groups in total. The predicted molar refractivity (Wildman–Crippen MR) is 108 cm³/mol. The number of carbonyl (C=O) groups excluding carboxylic acids is 2. The Balaban J connectivity index is 2.06. The molecular formula is C22H27N3O2. The van der Waals surface area contributed by atoms with Gasteiger partial charge < -0.3 is 10.6 Å². The number of hydrogen-bond donors (Lipinski definition) is 1. The second kappa shape index (κ2) is 10.9. The van der Waals surface area contributed by atoms with Crippen LogP contribution in [0.25, 0.3) is 0 Å². The molecule has 0 radical (unpaired) electrons. The number of rotatable bonds is 11. The van der Waals surface area contributed by atoms with E-state index in [1.807, 2.05) is 65.6 Å². The van der Waals surface area contributed by atoms with Crippen molar-refractivity contribution in [3.8, 4) is 0 Å². The number of nitrogens with zero attached hydrogens (tertiary/aromatic N) is 2. The van der Waals surface area contributed by atoms with Gasteiger partial charge >= 0.3 is 0 Å². The summed E-state index contributed by atoms with van der Waals surface area (Å²) in [5.74, 6) is -0.439. The second-order valence-corrected chi connectivity index (χ2v) is 6.46. The second-order valence-electron chi connectivity index (χ2n) is 6.46. The summed E-state index contributed by atoms with van der Waals surface area (Å²) in [6.45, 7) is 6.09. The van der Waals surface area contributed by atoms with Gasteiger partial charge in [0.25, 0.3) is 0 Å². The van der Waals surface area contributed by atoms with E-state index < -0.39 is 5.91 Å². The third-order valence-electron chi connectivity index (χ3n) is 4.19. The fourth-order valence-electron chi connectivity index (χ4n) is 2.84. The molecule has 2 amide bonds. The van der Waals surface area contributed by atoms with Gasteiger partial charge in [0.05, 0.1) is 6.54 Å². The summed E-state index contributed by atoms with van der Waals surface area (Å²) in [7, 11) is 0. The predicted octanol–water partition coefficient (Wildman–Crippen LogP) is 2.58. The van der Waals surface area contributed by atoms with Crippen molar-refractivity contribution in [3.63, 3.8) is 0 Å². The van der Waals surface area contributed by atoms with Crippen molar-refractivity contribution in [3.05, 3.63) is 84.4 Å². The van der Waals surface area contributed by atoms with Gasteiger partial charge in [-0.2, -0.15) is 0 Å². The average molecular weight is 365 g/mol. The Hall–Kier alpha value is -2.92. The first-order valence-corrected chi connectivity index (χ1v) is 9.05. The first kappa shape index (κ1) is 20.4. The standard InChI is InChI=1S/C22H27N3O2/c1-2-14-24(16-19-9-5-3-6-10-19)18-22(27)25(15-13-21(23)26)17-20-11-7-4-8-12-20/h2-12H,1,13-18H2,(H2,23,26). The molecule has 0 heterocycles. The third kappa shape index (κ3) is 7.46. The summed E-state index contributed by atoms with van der Waals surface area (Å²) < 4.78 is 0. The van der Waals surface area contributed by atoms with Crippen molar-refractivity contribution in [2.45, 2.75) is 19.5 Å². The zero-order valence-corrected chi connectivity index (χ0v) is 15.6. The van der Waals surface area contributed by atoms with E-state index in [2.05, 4.69) is 6.58 Å². The monoisotopic (exact) mass is 365 g/mol. The molecule has 0 aromatic heterocycles. The van der Waals surface area contributed by atoms with E-state index in [1.165, 1.54) is 0 Å². The maximum atomic E-state index is 12.9. The molecule has 5 heteroatoms. The van der Waals surface area contributed by atoms with Crippen molar-refractivity contribution < 1.29 is 9.59 Å². The van der Waals surface area contributed by atoms with E-state index in [9.17, 15) is 9.59 Å². The van der Waals surface area contributed by atoms with Crippen LogP contribution >= 0.6 is 0 Å². The van der Waals surface area contributed by atoms with Crippen LogP contribution in [0.5, 0.6) is 0 Å². The molecule has 5 nitrogen and oxygen atoms in total. The molecule has 0 aliphatic rings. The quantitative estimate of drug-likeness (QED) is 0.623. The van der Waals surface area contributed by atoms with Gasteiger partial charge in [0.1, 0.15) is 0 Å². The first-order valence-electron chi connectivity index (χ1n) is 9.05. The highest BCUT2D eigenvalue weighted by atomic mass is 16.2. The van der Waals surface area contributed by atoms with Crippen LogP contribution in [0.4, 0.5) is 0 Å². The summed E-state index contributed by atoms with van der Waals surface area (Å²) in [6.07, 6.45) is 1.94. The summed E-state index contributed by atoms with van der Waals surface area (Å²) in [4.78, 5) is 27.9. The maximum absolute atomic E-state index is 12.9. The molecule has 0 aliphatic heterocycles. The molecular weight excluding hydrogens is 338 g/mol. The lowest BCUT2D eigenvalue weighted by Gasteiger charge is -2.27. The van der Waals surface area contributed by atoms with E-state index in [1.54, 1.807) is 11.0 Å². The largest absolute Gasteiger partial charge is 0.370 e. The molecule has 2 aromatic carbocycles. The number of hydrogen-bond acceptors (Lipinski definition) is 3. The molecule has 0 saturated carbocycles. The molecule has 27 heavy (non-hydrogen) atoms. The van der Waals surface area contributed by atoms with Crippen LogP contribution in [-0.2, 0) is 22.7 Å². The molecule has 142 valence electrons. The zero-order valence-electron chi connectivity index (χ0n) is 15.6. The Bertz CT molecular complexity index is 732. The highest BCUT2D eigenvalue weighted by molar-refractivity contribution is 5.79. The molecule has 0 aliphatic carbocycles. The molecule has 2 aromatic rings. The van der Waals surface area contributed by atoms with Gasteiger partial charge in [0.15, 0.2) is 0 Å².